The van der Waals surface area contributed by atoms with E-state index in [-0.39, 0.29) is 12.0 Å². The zero-order valence-electron chi connectivity index (χ0n) is 8.30. The molecule has 2 atom stereocenters. The number of halogens is 2. The molecule has 1 aromatic heterocycles. The Hall–Kier alpha value is -0.310. The predicted octanol–water partition coefficient (Wildman–Crippen LogP) is 3.23. The highest BCUT2D eigenvalue weighted by atomic mass is 35.5. The Kier molecular flexibility index (Phi) is 4.17. The first-order valence-electron chi connectivity index (χ1n) is 4.62. The summed E-state index contributed by atoms with van der Waals surface area (Å²) in [6.07, 6.45) is 2.50. The molecule has 0 radical (unpaired) electrons. The first-order chi connectivity index (χ1) is 6.56. The predicted molar refractivity (Wildman–Crippen MR) is 60.9 cm³/mol. The van der Waals surface area contributed by atoms with Gasteiger partial charge in [-0.15, -0.1) is 0 Å². The van der Waals surface area contributed by atoms with E-state index in [1.165, 1.54) is 0 Å². The Bertz CT molecular complexity index is 315. The summed E-state index contributed by atoms with van der Waals surface area (Å²) in [6.45, 7) is 4.07. The summed E-state index contributed by atoms with van der Waals surface area (Å²) in [4.78, 5) is 4.20. The van der Waals surface area contributed by atoms with Crippen molar-refractivity contribution in [3.05, 3.63) is 28.0 Å². The third-order valence-corrected chi connectivity index (χ3v) is 2.89. The van der Waals surface area contributed by atoms with Crippen molar-refractivity contribution in [2.75, 3.05) is 0 Å². The van der Waals surface area contributed by atoms with Gasteiger partial charge >= 0.3 is 0 Å². The van der Waals surface area contributed by atoms with Crippen molar-refractivity contribution in [2.45, 2.75) is 32.2 Å². The second-order valence-corrected chi connectivity index (χ2v) is 4.23. The maximum atomic E-state index is 6.02. The van der Waals surface area contributed by atoms with Gasteiger partial charge in [-0.2, -0.15) is 0 Å². The monoisotopic (exact) mass is 232 g/mol. The second-order valence-electron chi connectivity index (χ2n) is 3.38. The largest absolute Gasteiger partial charge is 0.327 e. The van der Waals surface area contributed by atoms with Crippen LogP contribution >= 0.6 is 23.2 Å². The fourth-order valence-electron chi connectivity index (χ4n) is 1.32. The number of hydrogen-bond donors (Lipinski definition) is 1. The maximum Gasteiger partial charge on any atom is 0.0639 e. The third-order valence-electron chi connectivity index (χ3n) is 2.38. The Morgan fingerprint density at radius 3 is 2.64 bits per heavy atom. The lowest BCUT2D eigenvalue weighted by molar-refractivity contribution is 0.541. The molecule has 78 valence electrons. The molecule has 0 aromatic carbocycles. The van der Waals surface area contributed by atoms with E-state index in [0.29, 0.717) is 10.0 Å². The van der Waals surface area contributed by atoms with Crippen molar-refractivity contribution < 1.29 is 0 Å². The van der Waals surface area contributed by atoms with Crippen LogP contribution in [-0.2, 0) is 0 Å². The first kappa shape index (κ1) is 11.8. The molecule has 2 N–H and O–H groups in total. The molecule has 0 bridgehead atoms. The molecule has 0 aliphatic rings. The topological polar surface area (TPSA) is 38.9 Å². The fourth-order valence-corrected chi connectivity index (χ4v) is 1.87. The lowest BCUT2D eigenvalue weighted by Gasteiger charge is -2.18. The van der Waals surface area contributed by atoms with Gasteiger partial charge in [-0.3, -0.25) is 4.98 Å². The molecule has 0 amide bonds. The lowest BCUT2D eigenvalue weighted by Crippen LogP contribution is -2.26. The molecular weight excluding hydrogens is 219 g/mol. The highest BCUT2D eigenvalue weighted by Crippen LogP contribution is 2.27. The van der Waals surface area contributed by atoms with E-state index in [1.807, 2.05) is 13.8 Å². The summed E-state index contributed by atoms with van der Waals surface area (Å²) in [6, 6.07) is 1.78. The van der Waals surface area contributed by atoms with Gasteiger partial charge < -0.3 is 5.73 Å². The van der Waals surface area contributed by atoms with E-state index in [1.54, 1.807) is 12.3 Å². The summed E-state index contributed by atoms with van der Waals surface area (Å²) >= 11 is 11.8. The van der Waals surface area contributed by atoms with Crippen LogP contribution in [0, 0.1) is 0 Å². The first-order valence-corrected chi connectivity index (χ1v) is 5.38. The number of pyridine rings is 1. The Balaban J connectivity index is 2.95. The summed E-state index contributed by atoms with van der Waals surface area (Å²) in [5.74, 6) is 0.157. The SMILES string of the molecule is CCC(N)C(C)c1ncc(Cl)cc1Cl. The van der Waals surface area contributed by atoms with Gasteiger partial charge in [0.15, 0.2) is 0 Å². The normalized spacial score (nSPS) is 15.2. The van der Waals surface area contributed by atoms with Crippen LogP contribution in [0.15, 0.2) is 12.3 Å². The van der Waals surface area contributed by atoms with E-state index >= 15 is 0 Å². The van der Waals surface area contributed by atoms with Crippen LogP contribution in [0.1, 0.15) is 31.9 Å². The van der Waals surface area contributed by atoms with Crippen molar-refractivity contribution >= 4 is 23.2 Å². The van der Waals surface area contributed by atoms with Gasteiger partial charge in [-0.05, 0) is 12.5 Å². The van der Waals surface area contributed by atoms with Crippen LogP contribution < -0.4 is 5.73 Å². The molecule has 1 aromatic rings. The van der Waals surface area contributed by atoms with E-state index in [9.17, 15) is 0 Å². The van der Waals surface area contributed by atoms with Gasteiger partial charge in [0.1, 0.15) is 0 Å². The van der Waals surface area contributed by atoms with Crippen molar-refractivity contribution in [2.24, 2.45) is 5.73 Å². The quantitative estimate of drug-likeness (QED) is 0.870. The van der Waals surface area contributed by atoms with Gasteiger partial charge in [-0.25, -0.2) is 0 Å². The highest BCUT2D eigenvalue weighted by Gasteiger charge is 2.17. The fraction of sp³-hybridized carbons (Fsp3) is 0.500. The Morgan fingerprint density at radius 2 is 2.14 bits per heavy atom. The molecule has 2 unspecified atom stereocenters. The van der Waals surface area contributed by atoms with Crippen LogP contribution in [0.25, 0.3) is 0 Å². The smallest absolute Gasteiger partial charge is 0.0639 e. The molecule has 2 nitrogen and oxygen atoms in total. The Morgan fingerprint density at radius 1 is 1.50 bits per heavy atom. The molecule has 0 fully saturated rings. The van der Waals surface area contributed by atoms with Gasteiger partial charge in [0.05, 0.1) is 15.7 Å². The van der Waals surface area contributed by atoms with Crippen LogP contribution in [0.2, 0.25) is 10.0 Å². The zero-order valence-corrected chi connectivity index (χ0v) is 9.81. The highest BCUT2D eigenvalue weighted by molar-refractivity contribution is 6.34. The van der Waals surface area contributed by atoms with Gasteiger partial charge in [-0.1, -0.05) is 37.0 Å². The molecule has 0 saturated carbocycles. The number of nitrogens with zero attached hydrogens (tertiary/aromatic N) is 1. The van der Waals surface area contributed by atoms with Gasteiger partial charge in [0, 0.05) is 18.2 Å². The average Bonchev–Trinajstić information content (AvgIpc) is 2.15. The van der Waals surface area contributed by atoms with Crippen LogP contribution in [0.4, 0.5) is 0 Å². The number of hydrogen-bond acceptors (Lipinski definition) is 2. The minimum atomic E-state index is 0.0844. The van der Waals surface area contributed by atoms with E-state index < -0.39 is 0 Å². The molecule has 1 heterocycles. The Labute approximate surface area is 94.4 Å². The van der Waals surface area contributed by atoms with Crippen LogP contribution in [-0.4, -0.2) is 11.0 Å². The molecule has 1 rings (SSSR count). The minimum Gasteiger partial charge on any atom is -0.327 e. The summed E-state index contributed by atoms with van der Waals surface area (Å²) in [5, 5.41) is 1.14. The molecule has 0 aliphatic heterocycles. The van der Waals surface area contributed by atoms with Crippen LogP contribution in [0.3, 0.4) is 0 Å². The maximum absolute atomic E-state index is 6.02. The van der Waals surface area contributed by atoms with Gasteiger partial charge in [0.2, 0.25) is 0 Å². The number of rotatable bonds is 3. The van der Waals surface area contributed by atoms with Crippen molar-refractivity contribution in [1.82, 2.24) is 4.98 Å². The van der Waals surface area contributed by atoms with E-state index in [2.05, 4.69) is 4.98 Å². The third kappa shape index (κ3) is 2.59. The molecule has 0 spiro atoms. The molecule has 0 saturated heterocycles. The van der Waals surface area contributed by atoms with Crippen LogP contribution in [0.5, 0.6) is 0 Å². The second kappa shape index (κ2) is 4.96. The van der Waals surface area contributed by atoms with E-state index in [0.717, 1.165) is 12.1 Å². The number of aromatic nitrogens is 1. The molecule has 14 heavy (non-hydrogen) atoms. The van der Waals surface area contributed by atoms with Crippen molar-refractivity contribution in [3.63, 3.8) is 0 Å². The number of nitrogens with two attached hydrogens (primary N) is 1. The molecule has 0 aliphatic carbocycles. The summed E-state index contributed by atoms with van der Waals surface area (Å²) in [7, 11) is 0. The standard InChI is InChI=1S/C10H14Cl2N2/c1-3-9(13)6(2)10-8(12)4-7(11)5-14-10/h4-6,9H,3,13H2,1-2H3. The average molecular weight is 233 g/mol. The summed E-state index contributed by atoms with van der Waals surface area (Å²) < 4.78 is 0. The summed E-state index contributed by atoms with van der Waals surface area (Å²) in [5.41, 5.74) is 6.75. The van der Waals surface area contributed by atoms with Gasteiger partial charge in [0.25, 0.3) is 0 Å². The van der Waals surface area contributed by atoms with Crippen molar-refractivity contribution in [3.8, 4) is 0 Å². The lowest BCUT2D eigenvalue weighted by atomic mass is 9.96. The molecule has 4 heteroatoms. The van der Waals surface area contributed by atoms with Crippen molar-refractivity contribution in [1.29, 1.82) is 0 Å². The van der Waals surface area contributed by atoms with E-state index in [4.69, 9.17) is 28.9 Å². The zero-order chi connectivity index (χ0) is 10.7. The minimum absolute atomic E-state index is 0.0844. The molecular formula is C10H14Cl2N2.